The van der Waals surface area contributed by atoms with Crippen LogP contribution in [0, 0.1) is 0 Å². The van der Waals surface area contributed by atoms with Gasteiger partial charge in [0.1, 0.15) is 0 Å². The Bertz CT molecular complexity index is 568. The van der Waals surface area contributed by atoms with Crippen molar-refractivity contribution in [2.24, 2.45) is 0 Å². The lowest BCUT2D eigenvalue weighted by Gasteiger charge is -2.09. The first-order valence-electron chi connectivity index (χ1n) is 6.46. The summed E-state index contributed by atoms with van der Waals surface area (Å²) in [6, 6.07) is 10.2. The summed E-state index contributed by atoms with van der Waals surface area (Å²) in [6.07, 6.45) is 1.97. The van der Waals surface area contributed by atoms with Crippen LogP contribution in [-0.4, -0.2) is 14.9 Å². The van der Waals surface area contributed by atoms with Gasteiger partial charge in [-0.3, -0.25) is 4.68 Å². The summed E-state index contributed by atoms with van der Waals surface area (Å²) in [5, 5.41) is 11.4. The second kappa shape index (κ2) is 7.40. The van der Waals surface area contributed by atoms with Crippen molar-refractivity contribution in [2.75, 3.05) is 0 Å². The van der Waals surface area contributed by atoms with Crippen LogP contribution in [0.5, 0.6) is 0 Å². The van der Waals surface area contributed by atoms with Crippen LogP contribution in [0.1, 0.15) is 18.2 Å². The van der Waals surface area contributed by atoms with E-state index in [1.807, 2.05) is 29.1 Å². The molecule has 6 heteroatoms. The van der Waals surface area contributed by atoms with Gasteiger partial charge in [0.05, 0.1) is 16.7 Å². The first-order chi connectivity index (χ1) is 9.69. The van der Waals surface area contributed by atoms with Gasteiger partial charge >= 0.3 is 0 Å². The second-order valence-corrected chi connectivity index (χ2v) is 5.56. The minimum Gasteiger partial charge on any atom is -0.359 e. The number of halogens is 1. The highest BCUT2D eigenvalue weighted by Gasteiger charge is 2.06. The third-order valence-corrected chi connectivity index (χ3v) is 3.77. The largest absolute Gasteiger partial charge is 0.359 e. The van der Waals surface area contributed by atoms with Crippen LogP contribution in [0.2, 0.25) is 0 Å². The maximum absolute atomic E-state index is 5.26. The van der Waals surface area contributed by atoms with E-state index in [0.29, 0.717) is 11.7 Å². The third-order valence-electron chi connectivity index (χ3n) is 2.82. The summed E-state index contributed by atoms with van der Waals surface area (Å²) in [6.45, 7) is 4.24. The molecule has 0 saturated heterocycles. The van der Waals surface area contributed by atoms with Crippen molar-refractivity contribution in [3.05, 3.63) is 52.3 Å². The Labute approximate surface area is 132 Å². The molecule has 0 aliphatic heterocycles. The van der Waals surface area contributed by atoms with Gasteiger partial charge in [-0.2, -0.15) is 5.10 Å². The topological polar surface area (TPSA) is 41.9 Å². The van der Waals surface area contributed by atoms with Crippen LogP contribution in [-0.2, 0) is 19.6 Å². The minimum absolute atomic E-state index is 0.605. The molecule has 106 valence electrons. The van der Waals surface area contributed by atoms with Crippen molar-refractivity contribution >= 4 is 33.3 Å². The molecule has 1 aromatic heterocycles. The maximum atomic E-state index is 5.26. The Morgan fingerprint density at radius 3 is 2.60 bits per heavy atom. The molecular formula is C14H17BrN4S. The van der Waals surface area contributed by atoms with E-state index in [1.165, 1.54) is 5.56 Å². The minimum atomic E-state index is 0.605. The summed E-state index contributed by atoms with van der Waals surface area (Å²) >= 11 is 8.76. The number of aryl methyl sites for hydroxylation is 1. The van der Waals surface area contributed by atoms with E-state index in [4.69, 9.17) is 12.2 Å². The summed E-state index contributed by atoms with van der Waals surface area (Å²) < 4.78 is 2.89. The Hall–Kier alpha value is -1.40. The van der Waals surface area contributed by atoms with Crippen LogP contribution < -0.4 is 10.6 Å². The molecule has 20 heavy (non-hydrogen) atoms. The van der Waals surface area contributed by atoms with Gasteiger partial charge in [0.25, 0.3) is 0 Å². The van der Waals surface area contributed by atoms with Crippen molar-refractivity contribution < 1.29 is 0 Å². The molecule has 0 aliphatic rings. The number of rotatable bonds is 5. The van der Waals surface area contributed by atoms with E-state index < -0.39 is 0 Å². The Morgan fingerprint density at radius 1 is 1.25 bits per heavy atom. The lowest BCUT2D eigenvalue weighted by Crippen LogP contribution is -2.34. The molecule has 2 rings (SSSR count). The highest BCUT2D eigenvalue weighted by Crippen LogP contribution is 2.14. The molecule has 0 aliphatic carbocycles. The van der Waals surface area contributed by atoms with Gasteiger partial charge in [-0.05, 0) is 40.6 Å². The van der Waals surface area contributed by atoms with Gasteiger partial charge in [-0.15, -0.1) is 0 Å². The predicted molar refractivity (Wildman–Crippen MR) is 88.3 cm³/mol. The van der Waals surface area contributed by atoms with Crippen LogP contribution in [0.25, 0.3) is 0 Å². The van der Waals surface area contributed by atoms with Crippen molar-refractivity contribution in [1.29, 1.82) is 0 Å². The molecule has 0 bridgehead atoms. The summed E-state index contributed by atoms with van der Waals surface area (Å²) in [5.74, 6) is 0. The summed E-state index contributed by atoms with van der Waals surface area (Å²) in [5.41, 5.74) is 2.16. The summed E-state index contributed by atoms with van der Waals surface area (Å²) in [4.78, 5) is 0. The fourth-order valence-corrected chi connectivity index (χ4v) is 2.32. The number of nitrogens with one attached hydrogen (secondary N) is 2. The molecule has 1 heterocycles. The highest BCUT2D eigenvalue weighted by molar-refractivity contribution is 9.10. The third kappa shape index (κ3) is 4.31. The molecule has 2 aromatic rings. The smallest absolute Gasteiger partial charge is 0.166 e. The molecule has 0 saturated carbocycles. The molecule has 2 N–H and O–H groups in total. The highest BCUT2D eigenvalue weighted by atomic mass is 79.9. The van der Waals surface area contributed by atoms with Gasteiger partial charge in [0, 0.05) is 19.3 Å². The molecule has 0 atom stereocenters. The quantitative estimate of drug-likeness (QED) is 0.812. The Kier molecular flexibility index (Phi) is 5.55. The van der Waals surface area contributed by atoms with Gasteiger partial charge in [0.2, 0.25) is 0 Å². The van der Waals surface area contributed by atoms with Gasteiger partial charge < -0.3 is 10.6 Å². The molecule has 1 aromatic carbocycles. The molecule has 0 unspecified atom stereocenters. The van der Waals surface area contributed by atoms with Crippen LogP contribution in [0.15, 0.2) is 41.0 Å². The monoisotopic (exact) mass is 352 g/mol. The summed E-state index contributed by atoms with van der Waals surface area (Å²) in [7, 11) is 0. The van der Waals surface area contributed by atoms with Crippen molar-refractivity contribution in [3.63, 3.8) is 0 Å². The zero-order valence-corrected chi connectivity index (χ0v) is 13.7. The number of nitrogens with zero attached hydrogens (tertiary/aromatic N) is 2. The van der Waals surface area contributed by atoms with E-state index in [0.717, 1.165) is 23.3 Å². The number of hydrogen-bond acceptors (Lipinski definition) is 2. The average molecular weight is 353 g/mol. The molecule has 0 fully saturated rings. The van der Waals surface area contributed by atoms with Crippen LogP contribution in [0.4, 0.5) is 0 Å². The zero-order chi connectivity index (χ0) is 14.4. The van der Waals surface area contributed by atoms with Gasteiger partial charge in [-0.1, -0.05) is 30.3 Å². The first-order valence-corrected chi connectivity index (χ1v) is 7.66. The number of benzene rings is 1. The van der Waals surface area contributed by atoms with Crippen LogP contribution in [0.3, 0.4) is 0 Å². The molecule has 0 spiro atoms. The lowest BCUT2D eigenvalue weighted by molar-refractivity contribution is 0.642. The Morgan fingerprint density at radius 2 is 1.95 bits per heavy atom. The van der Waals surface area contributed by atoms with E-state index in [2.05, 4.69) is 50.7 Å². The number of hydrogen-bond donors (Lipinski definition) is 2. The average Bonchev–Trinajstić information content (AvgIpc) is 2.84. The number of thiocarbonyl (C=S) groups is 1. The van der Waals surface area contributed by atoms with Crippen LogP contribution >= 0.6 is 28.1 Å². The standard InChI is InChI=1S/C14H17BrN4S/c1-2-19-10-12(15)13(18-19)9-17-14(20)16-8-11-6-4-3-5-7-11/h3-7,10H,2,8-9H2,1H3,(H2,16,17,20). The fraction of sp³-hybridized carbons (Fsp3) is 0.286. The van der Waals surface area contributed by atoms with E-state index in [-0.39, 0.29) is 0 Å². The molecule has 4 nitrogen and oxygen atoms in total. The molecule has 0 radical (unpaired) electrons. The van der Waals surface area contributed by atoms with Gasteiger partial charge in [0.15, 0.2) is 5.11 Å². The van der Waals surface area contributed by atoms with Crippen molar-refractivity contribution in [1.82, 2.24) is 20.4 Å². The predicted octanol–water partition coefficient (Wildman–Crippen LogP) is 2.83. The molecule has 0 amide bonds. The van der Waals surface area contributed by atoms with E-state index in [9.17, 15) is 0 Å². The zero-order valence-electron chi connectivity index (χ0n) is 11.3. The van der Waals surface area contributed by atoms with Crippen molar-refractivity contribution in [2.45, 2.75) is 26.6 Å². The lowest BCUT2D eigenvalue weighted by atomic mass is 10.2. The Balaban J connectivity index is 1.79. The van der Waals surface area contributed by atoms with Crippen molar-refractivity contribution in [3.8, 4) is 0 Å². The second-order valence-electron chi connectivity index (χ2n) is 4.30. The normalized spacial score (nSPS) is 10.3. The molecular weight excluding hydrogens is 336 g/mol. The fourth-order valence-electron chi connectivity index (χ4n) is 1.72. The van der Waals surface area contributed by atoms with Gasteiger partial charge in [-0.25, -0.2) is 0 Å². The van der Waals surface area contributed by atoms with E-state index >= 15 is 0 Å². The SMILES string of the molecule is CCn1cc(Br)c(CNC(=S)NCc2ccccc2)n1. The van der Waals surface area contributed by atoms with E-state index in [1.54, 1.807) is 0 Å². The maximum Gasteiger partial charge on any atom is 0.166 e. The first kappa shape index (κ1) is 15.0. The number of aromatic nitrogens is 2.